The number of ether oxygens (including phenoxy) is 1. The van der Waals surface area contributed by atoms with Crippen LogP contribution in [0.5, 0.6) is 5.75 Å². The SMILES string of the molecule is CC#Cc1ccc(C(F)(F)Oc2ccc(C)cc2)cc1. The number of hydrogen-bond acceptors (Lipinski definition) is 1. The van der Waals surface area contributed by atoms with E-state index in [-0.39, 0.29) is 11.3 Å². The fourth-order valence-corrected chi connectivity index (χ4v) is 1.71. The highest BCUT2D eigenvalue weighted by atomic mass is 19.3. The molecular weight excluding hydrogens is 258 g/mol. The van der Waals surface area contributed by atoms with Crippen molar-refractivity contribution in [3.05, 3.63) is 65.2 Å². The van der Waals surface area contributed by atoms with E-state index < -0.39 is 6.11 Å². The Morgan fingerprint density at radius 2 is 1.55 bits per heavy atom. The van der Waals surface area contributed by atoms with Gasteiger partial charge in [0, 0.05) is 5.56 Å². The molecule has 0 radical (unpaired) electrons. The largest absolute Gasteiger partial charge is 0.429 e. The van der Waals surface area contributed by atoms with Gasteiger partial charge in [-0.05, 0) is 50.2 Å². The second kappa shape index (κ2) is 5.75. The fraction of sp³-hybridized carbons (Fsp3) is 0.176. The first-order chi connectivity index (χ1) is 9.51. The van der Waals surface area contributed by atoms with Crippen molar-refractivity contribution >= 4 is 0 Å². The summed E-state index contributed by atoms with van der Waals surface area (Å²) >= 11 is 0. The third kappa shape index (κ3) is 3.36. The Morgan fingerprint density at radius 1 is 0.950 bits per heavy atom. The highest BCUT2D eigenvalue weighted by molar-refractivity contribution is 5.37. The third-order valence-corrected chi connectivity index (χ3v) is 2.76. The first kappa shape index (κ1) is 14.1. The maximum atomic E-state index is 14.0. The molecule has 0 N–H and O–H groups in total. The van der Waals surface area contributed by atoms with E-state index in [1.165, 1.54) is 24.3 Å². The molecule has 0 aliphatic rings. The quantitative estimate of drug-likeness (QED) is 0.748. The lowest BCUT2D eigenvalue weighted by atomic mass is 10.1. The predicted octanol–water partition coefficient (Wildman–Crippen LogP) is 4.49. The molecule has 2 aromatic carbocycles. The number of hydrogen-bond donors (Lipinski definition) is 0. The Bertz CT molecular complexity index is 631. The molecule has 2 aromatic rings. The van der Waals surface area contributed by atoms with Crippen LogP contribution in [0.15, 0.2) is 48.5 Å². The molecule has 1 nitrogen and oxygen atoms in total. The van der Waals surface area contributed by atoms with Crippen LogP contribution >= 0.6 is 0 Å². The second-order valence-corrected chi connectivity index (χ2v) is 4.38. The molecule has 0 atom stereocenters. The van der Waals surface area contributed by atoms with Gasteiger partial charge in [-0.3, -0.25) is 0 Å². The molecule has 2 rings (SSSR count). The van der Waals surface area contributed by atoms with Crippen molar-refractivity contribution in [3.8, 4) is 17.6 Å². The smallest absolute Gasteiger partial charge is 0.426 e. The van der Waals surface area contributed by atoms with Gasteiger partial charge in [0.25, 0.3) is 0 Å². The summed E-state index contributed by atoms with van der Waals surface area (Å²) in [5, 5.41) is 0. The minimum absolute atomic E-state index is 0.137. The molecule has 0 fully saturated rings. The van der Waals surface area contributed by atoms with Gasteiger partial charge < -0.3 is 4.74 Å². The highest BCUT2D eigenvalue weighted by Crippen LogP contribution is 2.31. The van der Waals surface area contributed by atoms with E-state index in [4.69, 9.17) is 4.74 Å². The lowest BCUT2D eigenvalue weighted by molar-refractivity contribution is -0.185. The highest BCUT2D eigenvalue weighted by Gasteiger charge is 2.34. The van der Waals surface area contributed by atoms with Gasteiger partial charge in [-0.15, -0.1) is 5.92 Å². The van der Waals surface area contributed by atoms with Crippen LogP contribution in [0.4, 0.5) is 8.78 Å². The van der Waals surface area contributed by atoms with Gasteiger partial charge in [-0.2, -0.15) is 8.78 Å². The minimum Gasteiger partial charge on any atom is -0.429 e. The Morgan fingerprint density at radius 3 is 2.10 bits per heavy atom. The molecule has 3 heteroatoms. The van der Waals surface area contributed by atoms with E-state index in [0.29, 0.717) is 5.56 Å². The lowest BCUT2D eigenvalue weighted by Gasteiger charge is -2.18. The zero-order valence-electron chi connectivity index (χ0n) is 11.3. The maximum Gasteiger partial charge on any atom is 0.426 e. The average Bonchev–Trinajstić information content (AvgIpc) is 2.42. The number of alkyl halides is 2. The number of benzene rings is 2. The third-order valence-electron chi connectivity index (χ3n) is 2.76. The zero-order valence-corrected chi connectivity index (χ0v) is 11.3. The molecule has 0 amide bonds. The summed E-state index contributed by atoms with van der Waals surface area (Å²) in [5.41, 5.74) is 1.49. The molecule has 0 saturated carbocycles. The minimum atomic E-state index is -3.37. The molecule has 0 aliphatic carbocycles. The van der Waals surface area contributed by atoms with E-state index in [9.17, 15) is 8.78 Å². The van der Waals surface area contributed by atoms with E-state index >= 15 is 0 Å². The van der Waals surface area contributed by atoms with E-state index in [2.05, 4.69) is 11.8 Å². The van der Waals surface area contributed by atoms with Crippen molar-refractivity contribution in [1.29, 1.82) is 0 Å². The summed E-state index contributed by atoms with van der Waals surface area (Å²) in [7, 11) is 0. The van der Waals surface area contributed by atoms with Gasteiger partial charge >= 0.3 is 6.11 Å². The summed E-state index contributed by atoms with van der Waals surface area (Å²) in [6.07, 6.45) is -3.37. The fourth-order valence-electron chi connectivity index (χ4n) is 1.71. The first-order valence-corrected chi connectivity index (χ1v) is 6.18. The summed E-state index contributed by atoms with van der Waals surface area (Å²) < 4.78 is 32.8. The van der Waals surface area contributed by atoms with E-state index in [0.717, 1.165) is 5.56 Å². The zero-order chi connectivity index (χ0) is 14.6. The van der Waals surface area contributed by atoms with Crippen molar-refractivity contribution in [2.45, 2.75) is 20.0 Å². The number of rotatable bonds is 3. The van der Waals surface area contributed by atoms with E-state index in [1.54, 1.807) is 31.2 Å². The standard InChI is InChI=1S/C17H14F2O/c1-3-4-14-7-9-15(10-8-14)17(18,19)20-16-11-5-13(2)6-12-16/h5-12H,1-2H3. The van der Waals surface area contributed by atoms with Crippen molar-refractivity contribution in [3.63, 3.8) is 0 Å². The Balaban J connectivity index is 2.20. The molecule has 0 saturated heterocycles. The van der Waals surface area contributed by atoms with Crippen LogP contribution < -0.4 is 4.74 Å². The van der Waals surface area contributed by atoms with Crippen LogP contribution in [0.2, 0.25) is 0 Å². The first-order valence-electron chi connectivity index (χ1n) is 6.18. The van der Waals surface area contributed by atoms with Crippen LogP contribution in [-0.2, 0) is 6.11 Å². The van der Waals surface area contributed by atoms with Gasteiger partial charge in [0.15, 0.2) is 0 Å². The molecule has 0 heterocycles. The molecule has 0 aliphatic heterocycles. The molecular formula is C17H14F2O. The predicted molar refractivity (Wildman–Crippen MR) is 74.7 cm³/mol. The van der Waals surface area contributed by atoms with Gasteiger partial charge in [-0.25, -0.2) is 0 Å². The van der Waals surface area contributed by atoms with Gasteiger partial charge in [0.05, 0.1) is 5.56 Å². The summed E-state index contributed by atoms with van der Waals surface area (Å²) in [6, 6.07) is 12.3. The van der Waals surface area contributed by atoms with Crippen LogP contribution in [-0.4, -0.2) is 0 Å². The van der Waals surface area contributed by atoms with Gasteiger partial charge in [0.2, 0.25) is 0 Å². The summed E-state index contributed by atoms with van der Waals surface area (Å²) in [6.45, 7) is 3.58. The van der Waals surface area contributed by atoms with E-state index in [1.807, 2.05) is 6.92 Å². The average molecular weight is 272 g/mol. The van der Waals surface area contributed by atoms with Crippen LogP contribution in [0.1, 0.15) is 23.6 Å². The van der Waals surface area contributed by atoms with Crippen molar-refractivity contribution in [2.24, 2.45) is 0 Å². The summed E-state index contributed by atoms with van der Waals surface area (Å²) in [4.78, 5) is 0. The molecule has 0 bridgehead atoms. The van der Waals surface area contributed by atoms with Crippen LogP contribution in [0.25, 0.3) is 0 Å². The Labute approximate surface area is 117 Å². The molecule has 0 spiro atoms. The van der Waals surface area contributed by atoms with Gasteiger partial charge in [-0.1, -0.05) is 23.6 Å². The normalized spacial score (nSPS) is 10.6. The Kier molecular flexibility index (Phi) is 4.05. The number of halogens is 2. The van der Waals surface area contributed by atoms with Gasteiger partial charge in [0.1, 0.15) is 5.75 Å². The topological polar surface area (TPSA) is 9.23 Å². The van der Waals surface area contributed by atoms with Crippen molar-refractivity contribution in [2.75, 3.05) is 0 Å². The lowest BCUT2D eigenvalue weighted by Crippen LogP contribution is -2.21. The maximum absolute atomic E-state index is 14.0. The second-order valence-electron chi connectivity index (χ2n) is 4.38. The Hall–Kier alpha value is -2.34. The molecule has 20 heavy (non-hydrogen) atoms. The van der Waals surface area contributed by atoms with Crippen molar-refractivity contribution < 1.29 is 13.5 Å². The summed E-state index contributed by atoms with van der Waals surface area (Å²) in [5.74, 6) is 5.66. The van der Waals surface area contributed by atoms with Crippen LogP contribution in [0.3, 0.4) is 0 Å². The molecule has 0 unspecified atom stereocenters. The number of aryl methyl sites for hydroxylation is 1. The van der Waals surface area contributed by atoms with Crippen LogP contribution in [0, 0.1) is 18.8 Å². The molecule has 102 valence electrons. The monoisotopic (exact) mass is 272 g/mol. The molecule has 0 aromatic heterocycles. The van der Waals surface area contributed by atoms with Crippen molar-refractivity contribution in [1.82, 2.24) is 0 Å².